The molecular weight excluding hydrogens is 693 g/mol. The molecule has 6 heteroatoms. The number of fused-ring (bicyclic) bond motifs is 10. The number of hydrogen-bond donors (Lipinski definition) is 0. The molecule has 7 aromatic carbocycles. The first kappa shape index (κ1) is 32.7. The lowest BCUT2D eigenvalue weighted by Gasteiger charge is -2.34. The van der Waals surface area contributed by atoms with E-state index in [1.165, 1.54) is 11.1 Å². The van der Waals surface area contributed by atoms with Crippen LogP contribution in [0.4, 0.5) is 34.1 Å². The summed E-state index contributed by atoms with van der Waals surface area (Å²) in [5.41, 5.74) is 11.5. The zero-order valence-corrected chi connectivity index (χ0v) is 32.2. The molecule has 2 aliphatic heterocycles. The van der Waals surface area contributed by atoms with E-state index < -0.39 is 0 Å². The lowest BCUT2D eigenvalue weighted by molar-refractivity contribution is 0.476. The fraction of sp³-hybridized carbons (Fsp3) is 0.160. The van der Waals surface area contributed by atoms with Crippen LogP contribution in [0.5, 0.6) is 23.0 Å². The number of furan rings is 2. The molecule has 4 heterocycles. The normalized spacial score (nSPS) is 13.8. The second kappa shape index (κ2) is 11.4. The average Bonchev–Trinajstić information content (AvgIpc) is 3.71. The molecule has 0 bridgehead atoms. The summed E-state index contributed by atoms with van der Waals surface area (Å²) in [7, 11) is 0. The number of hydrogen-bond acceptors (Lipinski definition) is 6. The Balaban J connectivity index is 1.07. The van der Waals surface area contributed by atoms with Crippen LogP contribution in [0.25, 0.3) is 43.9 Å². The molecule has 0 amide bonds. The Hall–Kier alpha value is -6.66. The van der Waals surface area contributed by atoms with E-state index in [4.69, 9.17) is 18.3 Å². The highest BCUT2D eigenvalue weighted by Gasteiger charge is 2.32. The summed E-state index contributed by atoms with van der Waals surface area (Å²) in [6.07, 6.45) is 0. The van der Waals surface area contributed by atoms with E-state index in [0.29, 0.717) is 0 Å². The van der Waals surface area contributed by atoms with Crippen molar-refractivity contribution in [1.29, 1.82) is 0 Å². The van der Waals surface area contributed by atoms with Crippen LogP contribution in [-0.4, -0.2) is 0 Å². The molecule has 6 nitrogen and oxygen atoms in total. The van der Waals surface area contributed by atoms with E-state index in [-0.39, 0.29) is 10.8 Å². The Morgan fingerprint density at radius 3 is 1.11 bits per heavy atom. The molecule has 0 unspecified atom stereocenters. The maximum atomic E-state index is 6.70. The molecule has 0 aliphatic carbocycles. The summed E-state index contributed by atoms with van der Waals surface area (Å²) in [6.45, 7) is 13.4. The minimum absolute atomic E-state index is 0.0191. The molecule has 0 atom stereocenters. The Morgan fingerprint density at radius 1 is 0.357 bits per heavy atom. The van der Waals surface area contributed by atoms with Crippen LogP contribution in [0.15, 0.2) is 142 Å². The van der Waals surface area contributed by atoms with Gasteiger partial charge >= 0.3 is 0 Å². The number of ether oxygens (including phenoxy) is 2. The summed E-state index contributed by atoms with van der Waals surface area (Å²) in [4.78, 5) is 4.55. The highest BCUT2D eigenvalue weighted by atomic mass is 16.5. The van der Waals surface area contributed by atoms with Crippen molar-refractivity contribution < 1.29 is 18.3 Å². The first-order valence-corrected chi connectivity index (χ1v) is 19.2. The molecule has 274 valence electrons. The SMILES string of the molecule is CC(C)(C)c1ccc2c(c1)N(c1ccccc1)c1cc3oc4cc5c(cc4c3cc1O2)oc1cc2c(cc15)Oc1ccc(C(C)(C)C)cc1N2c1ccccc1. The third-order valence-corrected chi connectivity index (χ3v) is 11.3. The minimum atomic E-state index is -0.0191. The minimum Gasteiger partial charge on any atom is -0.456 e. The maximum Gasteiger partial charge on any atom is 0.152 e. The van der Waals surface area contributed by atoms with Crippen LogP contribution in [0.3, 0.4) is 0 Å². The van der Waals surface area contributed by atoms with Gasteiger partial charge in [-0.3, -0.25) is 0 Å². The third kappa shape index (κ3) is 4.95. The summed E-state index contributed by atoms with van der Waals surface area (Å²) in [6, 6.07) is 46.5. The molecule has 2 aromatic heterocycles. The standard InChI is InChI=1S/C50H40N2O4/c1-49(2,3)29-17-19-41-37(21-29)51(31-13-9-7-10-14-31)39-27-45-35(25-47(39)53-41)33-23-44-34(24-43(33)55-45)36-26-48-40(28-46(36)56-44)52(32-15-11-8-12-16-32)38-22-30(50(4,5)6)18-20-42(38)54-48/h7-28H,1-6H3. The van der Waals surface area contributed by atoms with Crippen molar-refractivity contribution in [1.82, 2.24) is 0 Å². The van der Waals surface area contributed by atoms with Crippen molar-refractivity contribution in [3.05, 3.63) is 145 Å². The fourth-order valence-corrected chi connectivity index (χ4v) is 8.28. The second-order valence-corrected chi connectivity index (χ2v) is 17.1. The zero-order valence-electron chi connectivity index (χ0n) is 32.2. The number of anilines is 6. The van der Waals surface area contributed by atoms with Crippen molar-refractivity contribution in [2.75, 3.05) is 9.80 Å². The number of nitrogens with zero attached hydrogens (tertiary/aromatic N) is 2. The van der Waals surface area contributed by atoms with Crippen LogP contribution < -0.4 is 19.3 Å². The van der Waals surface area contributed by atoms with Crippen LogP contribution in [0.2, 0.25) is 0 Å². The molecule has 56 heavy (non-hydrogen) atoms. The van der Waals surface area contributed by atoms with Gasteiger partial charge in [-0.2, -0.15) is 0 Å². The summed E-state index contributed by atoms with van der Waals surface area (Å²) in [5.74, 6) is 3.16. The van der Waals surface area contributed by atoms with Gasteiger partial charge in [0.2, 0.25) is 0 Å². The second-order valence-electron chi connectivity index (χ2n) is 17.1. The van der Waals surface area contributed by atoms with E-state index in [1.807, 2.05) is 12.1 Å². The summed E-state index contributed by atoms with van der Waals surface area (Å²) in [5, 5.41) is 3.86. The molecule has 2 aliphatic rings. The average molecular weight is 733 g/mol. The monoisotopic (exact) mass is 732 g/mol. The molecular formula is C50H40N2O4. The maximum absolute atomic E-state index is 6.70. The molecule has 0 N–H and O–H groups in total. The Labute approximate surface area is 325 Å². The van der Waals surface area contributed by atoms with Crippen LogP contribution in [0, 0.1) is 0 Å². The van der Waals surface area contributed by atoms with Crippen LogP contribution >= 0.6 is 0 Å². The first-order chi connectivity index (χ1) is 27.0. The molecule has 0 saturated heterocycles. The number of para-hydroxylation sites is 2. The highest BCUT2D eigenvalue weighted by Crippen LogP contribution is 2.55. The molecule has 0 radical (unpaired) electrons. The van der Waals surface area contributed by atoms with E-state index in [0.717, 1.165) is 101 Å². The van der Waals surface area contributed by atoms with Crippen molar-refractivity contribution in [3.8, 4) is 23.0 Å². The predicted molar refractivity (Wildman–Crippen MR) is 228 cm³/mol. The first-order valence-electron chi connectivity index (χ1n) is 19.2. The van der Waals surface area contributed by atoms with Crippen LogP contribution in [0.1, 0.15) is 52.7 Å². The van der Waals surface area contributed by atoms with E-state index in [2.05, 4.69) is 173 Å². The van der Waals surface area contributed by atoms with Gasteiger partial charge in [-0.05, 0) is 94.8 Å². The highest BCUT2D eigenvalue weighted by molar-refractivity contribution is 6.16. The largest absolute Gasteiger partial charge is 0.456 e. The third-order valence-electron chi connectivity index (χ3n) is 11.3. The Morgan fingerprint density at radius 2 is 0.714 bits per heavy atom. The Bertz CT molecular complexity index is 2840. The lowest BCUT2D eigenvalue weighted by atomic mass is 9.86. The summed E-state index contributed by atoms with van der Waals surface area (Å²) < 4.78 is 26.8. The molecule has 0 spiro atoms. The molecule has 9 aromatic rings. The Kier molecular flexibility index (Phi) is 6.69. The van der Waals surface area contributed by atoms with Crippen molar-refractivity contribution in [3.63, 3.8) is 0 Å². The van der Waals surface area contributed by atoms with Gasteiger partial charge in [0.05, 0.1) is 22.7 Å². The molecule has 11 rings (SSSR count). The van der Waals surface area contributed by atoms with Gasteiger partial charge in [-0.25, -0.2) is 0 Å². The van der Waals surface area contributed by atoms with E-state index in [1.54, 1.807) is 0 Å². The topological polar surface area (TPSA) is 51.2 Å². The van der Waals surface area contributed by atoms with Crippen molar-refractivity contribution >= 4 is 78.0 Å². The molecule has 0 fully saturated rings. The van der Waals surface area contributed by atoms with Crippen molar-refractivity contribution in [2.45, 2.75) is 52.4 Å². The van der Waals surface area contributed by atoms with Gasteiger partial charge < -0.3 is 28.1 Å². The molecule has 0 saturated carbocycles. The van der Waals surface area contributed by atoms with Crippen LogP contribution in [-0.2, 0) is 10.8 Å². The van der Waals surface area contributed by atoms with Gasteiger partial charge in [-0.15, -0.1) is 0 Å². The zero-order chi connectivity index (χ0) is 38.1. The van der Waals surface area contributed by atoms with E-state index >= 15 is 0 Å². The van der Waals surface area contributed by atoms with Gasteiger partial charge in [0.1, 0.15) is 22.3 Å². The lowest BCUT2D eigenvalue weighted by Crippen LogP contribution is -2.18. The fourth-order valence-electron chi connectivity index (χ4n) is 8.28. The van der Waals surface area contributed by atoms with Crippen molar-refractivity contribution in [2.24, 2.45) is 0 Å². The quantitative estimate of drug-likeness (QED) is 0.176. The van der Waals surface area contributed by atoms with Gasteiger partial charge in [0.25, 0.3) is 0 Å². The summed E-state index contributed by atoms with van der Waals surface area (Å²) >= 11 is 0. The van der Waals surface area contributed by atoms with Gasteiger partial charge in [-0.1, -0.05) is 90.1 Å². The number of rotatable bonds is 2. The van der Waals surface area contributed by atoms with Gasteiger partial charge in [0, 0.05) is 45.1 Å². The van der Waals surface area contributed by atoms with Gasteiger partial charge in [0.15, 0.2) is 23.0 Å². The smallest absolute Gasteiger partial charge is 0.152 e. The predicted octanol–water partition coefficient (Wildman–Crippen LogP) is 15.2. The number of benzene rings is 7. The van der Waals surface area contributed by atoms with E-state index in [9.17, 15) is 0 Å².